The first-order valence-electron chi connectivity index (χ1n) is 51.4. The minimum atomic E-state index is 0.551. The zero-order valence-corrected chi connectivity index (χ0v) is 78.5. The largest absolute Gasteiger partial charge is 0.374 e. The lowest BCUT2D eigenvalue weighted by Crippen LogP contribution is -2.45. The van der Waals surface area contributed by atoms with E-state index in [0.29, 0.717) is 66.4 Å². The summed E-state index contributed by atoms with van der Waals surface area (Å²) in [6.07, 6.45) is 105. The van der Waals surface area contributed by atoms with Gasteiger partial charge in [-0.25, -0.2) is 0 Å². The molecule has 0 aromatic rings. The summed E-state index contributed by atoms with van der Waals surface area (Å²) in [5, 5.41) is 0. The van der Waals surface area contributed by atoms with E-state index in [-0.39, 0.29) is 0 Å². The molecule has 0 amide bonds. The van der Waals surface area contributed by atoms with Crippen LogP contribution in [0.4, 0.5) is 0 Å². The van der Waals surface area contributed by atoms with Crippen LogP contribution in [0.2, 0.25) is 0 Å². The molecule has 0 N–H and O–H groups in total. The zero-order valence-electron chi connectivity index (χ0n) is 78.5. The van der Waals surface area contributed by atoms with Gasteiger partial charge in [-0.15, -0.1) is 0 Å². The van der Waals surface area contributed by atoms with Crippen molar-refractivity contribution in [2.24, 2.45) is 109 Å². The Morgan fingerprint density at radius 1 is 0.236 bits per heavy atom. The molecule has 4 atom stereocenters. The lowest BCUT2D eigenvalue weighted by molar-refractivity contribution is -0.0483. The fourth-order valence-electron chi connectivity index (χ4n) is 30.8. The maximum Gasteiger partial charge on any atom is 0.0637 e. The Morgan fingerprint density at radius 2 is 0.545 bits per heavy atom. The lowest BCUT2D eigenvalue weighted by atomic mass is 9.50. The molecule has 2 aliphatic heterocycles. The van der Waals surface area contributed by atoms with Gasteiger partial charge in [-0.05, 0) is 430 Å². The van der Waals surface area contributed by atoms with E-state index >= 15 is 0 Å². The summed E-state index contributed by atoms with van der Waals surface area (Å²) in [7, 11) is 0. The van der Waals surface area contributed by atoms with Crippen molar-refractivity contribution < 1.29 is 4.74 Å². The fraction of sp³-hybridized carbons (Fsp3) is 1.00. The predicted octanol–water partition coefficient (Wildman–Crippen LogP) is 36.2. The molecule has 2 heterocycles. The van der Waals surface area contributed by atoms with E-state index < -0.39 is 0 Å². The third kappa shape index (κ3) is 21.6. The van der Waals surface area contributed by atoms with E-state index in [1.807, 2.05) is 0 Å². The summed E-state index contributed by atoms with van der Waals surface area (Å²) in [5.41, 5.74) is 12.8. The molecule has 2 saturated heterocycles. The summed E-state index contributed by atoms with van der Waals surface area (Å²) >= 11 is 0. The Morgan fingerprint density at radius 3 is 0.864 bits per heavy atom. The molecule has 17 saturated carbocycles. The maximum atomic E-state index is 6.03. The minimum absolute atomic E-state index is 0.551. The van der Waals surface area contributed by atoms with E-state index in [1.165, 1.54) is 315 Å². The van der Waals surface area contributed by atoms with Gasteiger partial charge in [0.15, 0.2) is 0 Å². The quantitative estimate of drug-likeness (QED) is 0.268. The third-order valence-electron chi connectivity index (χ3n) is 42.2. The van der Waals surface area contributed by atoms with Gasteiger partial charge in [0.25, 0.3) is 0 Å². The first-order valence-corrected chi connectivity index (χ1v) is 51.4. The molecule has 638 valence electrons. The minimum Gasteiger partial charge on any atom is -0.374 e. The SMILES string of the molecule is CC1(C)CCC2(CC1)CC1CCC2C1.CC1(C)CCC2(CC1)CC1CCC2O1.CC1(C)CCC2(CCCC2)CC1.CC1(C)CCC2(CCCC2)CC1(C)C.CC1(C)CCC2(CCCC2)CC12CCCC2.CC1(C)CCC2(CCCCC2)CC1.CCC1(C)CCC2(CCCC2)CC1.CCC1(C)CCC2(CCCCC2)CC1. The molecule has 4 unspecified atom stereocenters. The monoisotopic (exact) mass is 1520 g/mol. The number of hydrogen-bond acceptors (Lipinski definition) is 1. The van der Waals surface area contributed by atoms with Gasteiger partial charge in [-0.3, -0.25) is 0 Å². The van der Waals surface area contributed by atoms with Crippen LogP contribution >= 0.6 is 0 Å². The highest BCUT2D eigenvalue weighted by Crippen LogP contribution is 2.69. The number of fused-ring (bicyclic) bond motifs is 6. The van der Waals surface area contributed by atoms with E-state index in [1.54, 1.807) is 128 Å². The molecule has 19 aliphatic rings. The van der Waals surface area contributed by atoms with E-state index in [2.05, 4.69) is 125 Å². The van der Waals surface area contributed by atoms with Gasteiger partial charge in [0.2, 0.25) is 0 Å². The average molecular weight is 1520 g/mol. The Hall–Kier alpha value is -0.0400. The van der Waals surface area contributed by atoms with Crippen molar-refractivity contribution in [1.82, 2.24) is 0 Å². The highest BCUT2D eigenvalue weighted by atomic mass is 16.5. The van der Waals surface area contributed by atoms with Crippen LogP contribution in [-0.4, -0.2) is 12.2 Å². The molecule has 0 radical (unpaired) electrons. The summed E-state index contributed by atoms with van der Waals surface area (Å²) < 4.78 is 6.03. The van der Waals surface area contributed by atoms with E-state index in [4.69, 9.17) is 4.74 Å². The Labute approximate surface area is 689 Å². The van der Waals surface area contributed by atoms with Crippen molar-refractivity contribution in [2.45, 2.75) is 580 Å². The normalized spacial score (nSPS) is 35.2. The van der Waals surface area contributed by atoms with E-state index in [0.717, 1.165) is 55.2 Å². The molecule has 17 aliphatic carbocycles. The van der Waals surface area contributed by atoms with Crippen LogP contribution in [0.1, 0.15) is 568 Å². The highest BCUT2D eigenvalue weighted by Gasteiger charge is 2.58. The van der Waals surface area contributed by atoms with Crippen LogP contribution in [-0.2, 0) is 4.74 Å². The number of rotatable bonds is 2. The second-order valence-electron chi connectivity index (χ2n) is 52.8. The Bertz CT molecular complexity index is 2680. The third-order valence-corrected chi connectivity index (χ3v) is 42.2. The second kappa shape index (κ2) is 35.2. The van der Waals surface area contributed by atoms with Crippen LogP contribution < -0.4 is 0 Å². The van der Waals surface area contributed by atoms with Gasteiger partial charge in [0, 0.05) is 0 Å². The van der Waals surface area contributed by atoms with Crippen LogP contribution in [0.15, 0.2) is 0 Å². The molecule has 0 aromatic carbocycles. The summed E-state index contributed by atoms with van der Waals surface area (Å²) in [4.78, 5) is 0. The summed E-state index contributed by atoms with van der Waals surface area (Å²) in [6, 6.07) is 0. The molecule has 19 rings (SSSR count). The first kappa shape index (κ1) is 89.2. The summed E-state index contributed by atoms with van der Waals surface area (Å²) in [5.74, 6) is 2.28. The van der Waals surface area contributed by atoms with Crippen molar-refractivity contribution in [3.05, 3.63) is 0 Å². The molecule has 110 heavy (non-hydrogen) atoms. The van der Waals surface area contributed by atoms with Crippen LogP contribution in [0, 0.1) is 109 Å². The zero-order chi connectivity index (χ0) is 78.8. The number of hydrogen-bond donors (Lipinski definition) is 0. The highest BCUT2D eigenvalue weighted by molar-refractivity contribution is 5.09. The Kier molecular flexibility index (Phi) is 28.5. The molecule has 19 fully saturated rings. The van der Waals surface area contributed by atoms with Gasteiger partial charge in [-0.2, -0.15) is 0 Å². The topological polar surface area (TPSA) is 9.23 Å². The van der Waals surface area contributed by atoms with E-state index in [9.17, 15) is 0 Å². The average Bonchev–Trinajstić information content (AvgIpc) is 1.52. The molecule has 1 heteroatoms. The molecular weight excluding hydrogens is 1330 g/mol. The van der Waals surface area contributed by atoms with Gasteiger partial charge in [-0.1, -0.05) is 247 Å². The van der Waals surface area contributed by atoms with Gasteiger partial charge in [0.05, 0.1) is 12.2 Å². The van der Waals surface area contributed by atoms with Crippen molar-refractivity contribution in [2.75, 3.05) is 0 Å². The van der Waals surface area contributed by atoms with Crippen molar-refractivity contribution in [3.8, 4) is 0 Å². The molecule has 0 aromatic heterocycles. The number of ether oxygens (including phenoxy) is 1. The van der Waals surface area contributed by atoms with Crippen molar-refractivity contribution in [1.29, 1.82) is 0 Å². The first-order chi connectivity index (χ1) is 51.8. The van der Waals surface area contributed by atoms with Crippen molar-refractivity contribution in [3.63, 3.8) is 0 Å². The second-order valence-corrected chi connectivity index (χ2v) is 52.8. The maximum absolute atomic E-state index is 6.03. The molecule has 1 nitrogen and oxygen atoms in total. The predicted molar refractivity (Wildman–Crippen MR) is 480 cm³/mol. The fourth-order valence-corrected chi connectivity index (χ4v) is 30.8. The van der Waals surface area contributed by atoms with Crippen LogP contribution in [0.3, 0.4) is 0 Å². The smallest absolute Gasteiger partial charge is 0.0637 e. The Balaban J connectivity index is 0.000000117. The van der Waals surface area contributed by atoms with Crippen molar-refractivity contribution >= 4 is 0 Å². The molecule has 4 bridgehead atoms. The van der Waals surface area contributed by atoms with Gasteiger partial charge >= 0.3 is 0 Å². The standard InChI is InChI=1S/C16H28.C14H24.2C14H26.C13H22O.2C13H24.C12H22/c1-14(2)11-12-15(7-3-4-8-15)13-16(14)9-5-6-10-16;1-13(2)5-7-14(8-6-13)10-11-3-4-12(14)9-11;1-12(2)9-10-14(7-5-6-8-14)11-13(12,3)4;1-3-13(2)9-11-14(12-10-13)7-5-4-6-8-14;1-12(2)5-7-13(8-6-12)9-10-3-4-11(13)14-10;1-12(2)8-10-13(11-9-12)6-4-3-5-7-13;1-3-12(2)8-10-13(11-9-12)6-4-5-7-13;1-11(2)7-9-12(10-8-11)5-3-4-6-12/h3-13H2,1-2H3;11-12H,3-10H2,1-2H3;5-11H2,1-4H3;3-12H2,1-2H3;10-11H,3-9H2,1-2H3;2*3-11H2,1-2H3;3-10H2,1-2H3. The lowest BCUT2D eigenvalue weighted by Gasteiger charge is -2.55. The van der Waals surface area contributed by atoms with Crippen LogP contribution in [0.25, 0.3) is 0 Å². The van der Waals surface area contributed by atoms with Crippen LogP contribution in [0.5, 0.6) is 0 Å². The molecule has 9 spiro atoms. The van der Waals surface area contributed by atoms with Gasteiger partial charge in [0.1, 0.15) is 0 Å². The molecular formula is C109H196O. The van der Waals surface area contributed by atoms with Gasteiger partial charge < -0.3 is 4.74 Å². The summed E-state index contributed by atoms with van der Waals surface area (Å²) in [6.45, 7) is 44.3.